The molecule has 1 heterocycles. The first-order valence-electron chi connectivity index (χ1n) is 24.5. The Morgan fingerprint density at radius 1 is 0.255 bits per heavy atom. The van der Waals surface area contributed by atoms with Crippen LogP contribution in [0.3, 0.4) is 0 Å². The third kappa shape index (κ3) is 32.5. The summed E-state index contributed by atoms with van der Waals surface area (Å²) in [4.78, 5) is 5.48. The fourth-order valence-electron chi connectivity index (χ4n) is 8.48. The Morgan fingerprint density at radius 3 is 0.686 bits per heavy atom. The van der Waals surface area contributed by atoms with Crippen LogP contribution in [0.4, 0.5) is 0 Å². The van der Waals surface area contributed by atoms with Crippen LogP contribution in [0.5, 0.6) is 0 Å². The first-order valence-corrected chi connectivity index (χ1v) is 24.5. The first-order chi connectivity index (χ1) is 25.3. The minimum Gasteiger partial charge on any atom is -0.356 e. The molecule has 1 aliphatic rings. The van der Waals surface area contributed by atoms with E-state index in [1.165, 1.54) is 276 Å². The summed E-state index contributed by atoms with van der Waals surface area (Å²) in [6.07, 6.45) is 64.9. The van der Waals surface area contributed by atoms with E-state index in [1.807, 2.05) is 0 Å². The van der Waals surface area contributed by atoms with Crippen LogP contribution in [0.15, 0.2) is 12.4 Å². The molecule has 2 nitrogen and oxygen atoms in total. The van der Waals surface area contributed by atoms with Crippen molar-refractivity contribution < 1.29 is 0 Å². The van der Waals surface area contributed by atoms with Crippen LogP contribution in [-0.2, 0) is 0 Å². The summed E-state index contributed by atoms with van der Waals surface area (Å²) in [6.45, 7) is 9.49. The largest absolute Gasteiger partial charge is 0.356 e. The molecule has 0 aromatic rings. The van der Waals surface area contributed by atoms with E-state index in [0.717, 1.165) is 0 Å². The van der Waals surface area contributed by atoms with E-state index in [-0.39, 0.29) is 0 Å². The molecule has 1 aliphatic heterocycles. The van der Waals surface area contributed by atoms with Gasteiger partial charge in [0, 0.05) is 25.5 Å². The van der Waals surface area contributed by atoms with Crippen LogP contribution in [0.1, 0.15) is 284 Å². The van der Waals surface area contributed by atoms with Crippen LogP contribution in [0, 0.1) is 0 Å². The predicted octanol–water partition coefficient (Wildman–Crippen LogP) is 17.5. The number of nitrogens with zero attached hydrogens (tertiary/aromatic N) is 2. The maximum absolute atomic E-state index is 2.74. The summed E-state index contributed by atoms with van der Waals surface area (Å²) >= 11 is 0. The van der Waals surface area contributed by atoms with Gasteiger partial charge in [-0.1, -0.05) is 258 Å². The lowest BCUT2D eigenvalue weighted by Crippen LogP contribution is -2.39. The summed E-state index contributed by atoms with van der Waals surface area (Å²) in [5.74, 6) is 0. The Labute approximate surface area is 324 Å². The maximum Gasteiger partial charge on any atom is 0.101 e. The quantitative estimate of drug-likeness (QED) is 0.0580. The molecule has 0 aliphatic carbocycles. The monoisotopic (exact) mass is 715 g/mol. The minimum atomic E-state index is 0.636. The topological polar surface area (TPSA) is 6.48 Å². The molecular formula is C49H98N2. The molecule has 0 saturated carbocycles. The highest BCUT2D eigenvalue weighted by Crippen LogP contribution is 2.24. The molecule has 0 unspecified atom stereocenters. The minimum absolute atomic E-state index is 0.636. The van der Waals surface area contributed by atoms with E-state index >= 15 is 0 Å². The van der Waals surface area contributed by atoms with Gasteiger partial charge in [-0.2, -0.15) is 0 Å². The third-order valence-electron chi connectivity index (χ3n) is 12.1. The van der Waals surface area contributed by atoms with Gasteiger partial charge >= 0.3 is 0 Å². The molecule has 0 N–H and O–H groups in total. The molecule has 0 saturated heterocycles. The van der Waals surface area contributed by atoms with Crippen molar-refractivity contribution in [3.63, 3.8) is 0 Å². The Kier molecular flexibility index (Phi) is 38.4. The van der Waals surface area contributed by atoms with Gasteiger partial charge in [0.25, 0.3) is 0 Å². The SMILES string of the molecule is CCCCCCCCCCCCCCCCCCC1N(CCCCCCCCCCCCCC)C=CN1CCCCCCCCCCCCCC. The predicted molar refractivity (Wildman–Crippen MR) is 233 cm³/mol. The second-order valence-corrected chi connectivity index (χ2v) is 17.1. The van der Waals surface area contributed by atoms with Gasteiger partial charge < -0.3 is 9.80 Å². The van der Waals surface area contributed by atoms with E-state index in [4.69, 9.17) is 0 Å². The number of hydrogen-bond acceptors (Lipinski definition) is 2. The van der Waals surface area contributed by atoms with Crippen molar-refractivity contribution in [2.24, 2.45) is 0 Å². The number of hydrogen-bond donors (Lipinski definition) is 0. The highest BCUT2D eigenvalue weighted by Gasteiger charge is 2.24. The van der Waals surface area contributed by atoms with E-state index in [1.54, 1.807) is 0 Å². The van der Waals surface area contributed by atoms with Gasteiger partial charge in [0.15, 0.2) is 0 Å². The summed E-state index contributed by atoms with van der Waals surface area (Å²) < 4.78 is 0. The van der Waals surface area contributed by atoms with Crippen molar-refractivity contribution in [3.05, 3.63) is 12.4 Å². The van der Waals surface area contributed by atoms with Crippen molar-refractivity contribution in [2.45, 2.75) is 290 Å². The van der Waals surface area contributed by atoms with Gasteiger partial charge in [-0.05, 0) is 25.7 Å². The maximum atomic E-state index is 2.74. The zero-order valence-electron chi connectivity index (χ0n) is 36.0. The van der Waals surface area contributed by atoms with E-state index < -0.39 is 0 Å². The molecule has 0 radical (unpaired) electrons. The zero-order valence-corrected chi connectivity index (χ0v) is 36.0. The molecular weight excluding hydrogens is 617 g/mol. The van der Waals surface area contributed by atoms with Crippen LogP contribution in [0.25, 0.3) is 0 Å². The Morgan fingerprint density at radius 2 is 0.451 bits per heavy atom. The number of rotatable bonds is 43. The van der Waals surface area contributed by atoms with Gasteiger partial charge in [-0.25, -0.2) is 0 Å². The van der Waals surface area contributed by atoms with Crippen molar-refractivity contribution in [3.8, 4) is 0 Å². The summed E-state index contributed by atoms with van der Waals surface area (Å²) in [7, 11) is 0. The molecule has 304 valence electrons. The van der Waals surface area contributed by atoms with Gasteiger partial charge in [0.05, 0.1) is 0 Å². The third-order valence-corrected chi connectivity index (χ3v) is 12.1. The molecule has 0 bridgehead atoms. The number of unbranched alkanes of at least 4 members (excludes halogenated alkanes) is 37. The molecule has 0 amide bonds. The van der Waals surface area contributed by atoms with Crippen molar-refractivity contribution in [1.29, 1.82) is 0 Å². The van der Waals surface area contributed by atoms with Crippen molar-refractivity contribution >= 4 is 0 Å². The molecule has 1 rings (SSSR count). The molecule has 0 spiro atoms. The van der Waals surface area contributed by atoms with E-state index in [9.17, 15) is 0 Å². The Bertz CT molecular complexity index is 635. The summed E-state index contributed by atoms with van der Waals surface area (Å²) in [5.41, 5.74) is 0. The molecule has 0 atom stereocenters. The van der Waals surface area contributed by atoms with Crippen LogP contribution in [0.2, 0.25) is 0 Å². The smallest absolute Gasteiger partial charge is 0.101 e. The van der Waals surface area contributed by atoms with Gasteiger partial charge in [0.2, 0.25) is 0 Å². The van der Waals surface area contributed by atoms with Crippen LogP contribution in [-0.4, -0.2) is 29.1 Å². The second kappa shape index (κ2) is 40.5. The fourth-order valence-corrected chi connectivity index (χ4v) is 8.48. The Hall–Kier alpha value is -0.660. The molecule has 0 fully saturated rings. The normalized spacial score (nSPS) is 13.4. The van der Waals surface area contributed by atoms with Crippen LogP contribution < -0.4 is 0 Å². The van der Waals surface area contributed by atoms with Gasteiger partial charge in [-0.3, -0.25) is 0 Å². The fraction of sp³-hybridized carbons (Fsp3) is 0.959. The average Bonchev–Trinajstić information content (AvgIpc) is 3.53. The van der Waals surface area contributed by atoms with Gasteiger partial charge in [0.1, 0.15) is 6.17 Å². The molecule has 0 aromatic carbocycles. The van der Waals surface area contributed by atoms with Crippen LogP contribution >= 0.6 is 0 Å². The Balaban J connectivity index is 2.20. The van der Waals surface area contributed by atoms with E-state index in [0.29, 0.717) is 6.17 Å². The van der Waals surface area contributed by atoms with Crippen molar-refractivity contribution in [1.82, 2.24) is 9.80 Å². The van der Waals surface area contributed by atoms with Gasteiger partial charge in [-0.15, -0.1) is 0 Å². The highest BCUT2D eigenvalue weighted by atomic mass is 15.4. The van der Waals surface area contributed by atoms with Crippen molar-refractivity contribution in [2.75, 3.05) is 13.1 Å². The zero-order chi connectivity index (χ0) is 36.6. The van der Waals surface area contributed by atoms with E-state index in [2.05, 4.69) is 43.0 Å². The second-order valence-electron chi connectivity index (χ2n) is 17.1. The first kappa shape index (κ1) is 48.4. The lowest BCUT2D eigenvalue weighted by molar-refractivity contribution is 0.135. The molecule has 0 aromatic heterocycles. The lowest BCUT2D eigenvalue weighted by atomic mass is 10.0. The average molecular weight is 715 g/mol. The lowest BCUT2D eigenvalue weighted by Gasteiger charge is -2.33. The molecule has 51 heavy (non-hydrogen) atoms. The standard InChI is InChI=1S/C49H98N2/c1-4-7-10-13-16-19-22-25-26-27-28-29-32-35-38-41-44-49-50(45-42-39-36-33-30-23-20-17-14-11-8-5-2)47-48-51(49)46-43-40-37-34-31-24-21-18-15-12-9-6-3/h47-49H,4-46H2,1-3H3. The molecule has 2 heteroatoms. The summed E-state index contributed by atoms with van der Waals surface area (Å²) in [5, 5.41) is 0. The summed E-state index contributed by atoms with van der Waals surface area (Å²) in [6, 6.07) is 0. The highest BCUT2D eigenvalue weighted by molar-refractivity contribution is 4.97.